The molecule has 0 aliphatic carbocycles. The quantitative estimate of drug-likeness (QED) is 0.190. The highest BCUT2D eigenvalue weighted by Gasteiger charge is 2.24. The Morgan fingerprint density at radius 2 is 0.826 bits per heavy atom. The average Bonchev–Trinajstić information content (AvgIpc) is 3.73. The first-order valence-corrected chi connectivity index (χ1v) is 14.9. The molecule has 0 amide bonds. The van der Waals surface area contributed by atoms with Crippen molar-refractivity contribution in [2.45, 2.75) is 0 Å². The number of nitrogens with zero attached hydrogens (tertiary/aromatic N) is 4. The van der Waals surface area contributed by atoms with Gasteiger partial charge in [0.15, 0.2) is 11.2 Å². The minimum absolute atomic E-state index is 0.475. The van der Waals surface area contributed by atoms with Gasteiger partial charge in [-0.25, -0.2) is 9.97 Å². The SMILES string of the molecule is CN(C)c1ccc(C#Cc2c3nc(-c4ccccc4)oc3c(C#Cc3ccc(N(C)C)cc3)c3nc(-c4ccccc4)oc23)cc1. The summed E-state index contributed by atoms with van der Waals surface area (Å²) >= 11 is 0. The summed E-state index contributed by atoms with van der Waals surface area (Å²) in [5, 5.41) is 0. The Balaban J connectivity index is 1.48. The Labute approximate surface area is 267 Å². The van der Waals surface area contributed by atoms with Crippen molar-refractivity contribution >= 4 is 33.6 Å². The fourth-order valence-corrected chi connectivity index (χ4v) is 5.13. The van der Waals surface area contributed by atoms with Gasteiger partial charge in [-0.1, -0.05) is 60.1 Å². The van der Waals surface area contributed by atoms with Gasteiger partial charge in [-0.2, -0.15) is 0 Å². The van der Waals surface area contributed by atoms with Crippen LogP contribution in [0.1, 0.15) is 22.3 Å². The normalized spacial score (nSPS) is 10.7. The van der Waals surface area contributed by atoms with Gasteiger partial charge in [0, 0.05) is 61.8 Å². The van der Waals surface area contributed by atoms with E-state index in [4.69, 9.17) is 18.8 Å². The molecule has 0 fully saturated rings. The van der Waals surface area contributed by atoms with Gasteiger partial charge in [-0.05, 0) is 72.8 Å². The van der Waals surface area contributed by atoms with E-state index in [9.17, 15) is 0 Å². The fourth-order valence-electron chi connectivity index (χ4n) is 5.13. The first-order chi connectivity index (χ1) is 22.4. The average molecular weight is 599 g/mol. The van der Waals surface area contributed by atoms with Gasteiger partial charge in [0.25, 0.3) is 0 Å². The van der Waals surface area contributed by atoms with Crippen LogP contribution in [-0.2, 0) is 0 Å². The van der Waals surface area contributed by atoms with Crippen molar-refractivity contribution in [2.24, 2.45) is 0 Å². The van der Waals surface area contributed by atoms with Crippen molar-refractivity contribution in [1.82, 2.24) is 9.97 Å². The molecule has 7 rings (SSSR count). The largest absolute Gasteiger partial charge is 0.435 e. The minimum atomic E-state index is 0.475. The molecule has 2 aromatic heterocycles. The molecule has 0 radical (unpaired) electrons. The van der Waals surface area contributed by atoms with Crippen LogP contribution in [0.2, 0.25) is 0 Å². The summed E-state index contributed by atoms with van der Waals surface area (Å²) in [6.07, 6.45) is 0. The van der Waals surface area contributed by atoms with Crippen molar-refractivity contribution in [1.29, 1.82) is 0 Å². The third-order valence-electron chi connectivity index (χ3n) is 7.65. The summed E-state index contributed by atoms with van der Waals surface area (Å²) in [7, 11) is 8.06. The van der Waals surface area contributed by atoms with Crippen LogP contribution >= 0.6 is 0 Å². The number of hydrogen-bond donors (Lipinski definition) is 0. The van der Waals surface area contributed by atoms with E-state index >= 15 is 0 Å². The zero-order valence-electron chi connectivity index (χ0n) is 26.0. The second-order valence-electron chi connectivity index (χ2n) is 11.3. The smallest absolute Gasteiger partial charge is 0.227 e. The number of aromatic nitrogens is 2. The van der Waals surface area contributed by atoms with Gasteiger partial charge >= 0.3 is 0 Å². The van der Waals surface area contributed by atoms with Crippen molar-refractivity contribution < 1.29 is 8.83 Å². The summed E-state index contributed by atoms with van der Waals surface area (Å²) in [5.41, 5.74) is 9.02. The molecule has 0 bridgehead atoms. The molecule has 6 heteroatoms. The molecule has 5 aromatic carbocycles. The molecule has 0 aliphatic rings. The van der Waals surface area contributed by atoms with Gasteiger partial charge < -0.3 is 18.6 Å². The molecule has 0 saturated heterocycles. The van der Waals surface area contributed by atoms with Gasteiger partial charge in [-0.3, -0.25) is 0 Å². The lowest BCUT2D eigenvalue weighted by Crippen LogP contribution is -2.07. The molecule has 0 N–H and O–H groups in total. The first-order valence-electron chi connectivity index (χ1n) is 14.9. The number of rotatable bonds is 4. The molecule has 2 heterocycles. The standard InChI is InChI=1S/C40H30N4O2/c1-43(2)31-21-15-27(16-22-31)19-25-33-35-38(46-39(41-35)29-11-7-5-8-12-29)34(26-20-28-17-23-32(24-18-28)44(3)4)36-37(33)45-40(42-36)30-13-9-6-10-14-30/h5-18,21-24H,1-4H3. The van der Waals surface area contributed by atoms with Crippen LogP contribution in [0.4, 0.5) is 11.4 Å². The van der Waals surface area contributed by atoms with Crippen LogP contribution in [0.5, 0.6) is 0 Å². The molecule has 0 atom stereocenters. The number of oxazole rings is 2. The Hall–Kier alpha value is -6.24. The Bertz CT molecular complexity index is 2070. The Morgan fingerprint density at radius 1 is 0.457 bits per heavy atom. The molecular weight excluding hydrogens is 568 g/mol. The predicted octanol–water partition coefficient (Wildman–Crippen LogP) is 8.23. The molecule has 0 unspecified atom stereocenters. The van der Waals surface area contributed by atoms with E-state index in [0.717, 1.165) is 33.6 Å². The van der Waals surface area contributed by atoms with Crippen molar-refractivity contribution in [3.05, 3.63) is 131 Å². The maximum atomic E-state index is 6.51. The van der Waals surface area contributed by atoms with Gasteiger partial charge in [0.05, 0.1) is 11.1 Å². The van der Waals surface area contributed by atoms with E-state index in [1.807, 2.05) is 137 Å². The Morgan fingerprint density at radius 3 is 1.17 bits per heavy atom. The first kappa shape index (κ1) is 28.5. The number of fused-ring (bicyclic) bond motifs is 2. The topological polar surface area (TPSA) is 58.5 Å². The van der Waals surface area contributed by atoms with Crippen LogP contribution in [0.15, 0.2) is 118 Å². The number of hydrogen-bond acceptors (Lipinski definition) is 6. The van der Waals surface area contributed by atoms with E-state index in [0.29, 0.717) is 45.1 Å². The van der Waals surface area contributed by atoms with E-state index in [-0.39, 0.29) is 0 Å². The molecular formula is C40H30N4O2. The molecule has 0 spiro atoms. The van der Waals surface area contributed by atoms with Gasteiger partial charge in [-0.15, -0.1) is 0 Å². The summed E-state index contributed by atoms with van der Waals surface area (Å²) in [4.78, 5) is 14.1. The maximum absolute atomic E-state index is 6.51. The van der Waals surface area contributed by atoms with E-state index in [2.05, 4.69) is 33.5 Å². The zero-order valence-corrected chi connectivity index (χ0v) is 26.0. The van der Waals surface area contributed by atoms with Gasteiger partial charge in [0.2, 0.25) is 11.8 Å². The van der Waals surface area contributed by atoms with Gasteiger partial charge in [0.1, 0.15) is 11.0 Å². The lowest BCUT2D eigenvalue weighted by atomic mass is 10.1. The zero-order chi connectivity index (χ0) is 31.6. The van der Waals surface area contributed by atoms with E-state index < -0.39 is 0 Å². The Kier molecular flexibility index (Phi) is 7.46. The lowest BCUT2D eigenvalue weighted by Gasteiger charge is -2.11. The van der Waals surface area contributed by atoms with Crippen LogP contribution in [-0.4, -0.2) is 38.2 Å². The maximum Gasteiger partial charge on any atom is 0.227 e. The summed E-state index contributed by atoms with van der Waals surface area (Å²) in [6, 6.07) is 35.8. The second-order valence-corrected chi connectivity index (χ2v) is 11.3. The van der Waals surface area contributed by atoms with Crippen molar-refractivity contribution in [3.63, 3.8) is 0 Å². The molecule has 222 valence electrons. The van der Waals surface area contributed by atoms with Crippen LogP contribution in [0, 0.1) is 23.7 Å². The third kappa shape index (κ3) is 5.56. The highest BCUT2D eigenvalue weighted by atomic mass is 16.4. The predicted molar refractivity (Wildman–Crippen MR) is 186 cm³/mol. The summed E-state index contributed by atoms with van der Waals surface area (Å²) < 4.78 is 13.0. The molecule has 7 aromatic rings. The van der Waals surface area contributed by atoms with Crippen molar-refractivity contribution in [3.8, 4) is 46.6 Å². The number of anilines is 2. The van der Waals surface area contributed by atoms with E-state index in [1.54, 1.807) is 0 Å². The second kappa shape index (κ2) is 12.0. The highest BCUT2D eigenvalue weighted by Crippen LogP contribution is 2.37. The molecule has 0 aliphatic heterocycles. The fraction of sp³-hybridized carbons (Fsp3) is 0.100. The lowest BCUT2D eigenvalue weighted by molar-refractivity contribution is 0.617. The van der Waals surface area contributed by atoms with Crippen LogP contribution < -0.4 is 9.80 Å². The number of benzene rings is 5. The monoisotopic (exact) mass is 598 g/mol. The van der Waals surface area contributed by atoms with Crippen molar-refractivity contribution in [2.75, 3.05) is 38.0 Å². The minimum Gasteiger partial charge on any atom is -0.435 e. The van der Waals surface area contributed by atoms with Crippen LogP contribution in [0.25, 0.3) is 45.1 Å². The molecule has 46 heavy (non-hydrogen) atoms. The third-order valence-corrected chi connectivity index (χ3v) is 7.65. The molecule has 6 nitrogen and oxygen atoms in total. The summed E-state index contributed by atoms with van der Waals surface area (Å²) in [6.45, 7) is 0. The highest BCUT2D eigenvalue weighted by molar-refractivity contribution is 6.04. The molecule has 0 saturated carbocycles. The summed E-state index contributed by atoms with van der Waals surface area (Å²) in [5.74, 6) is 14.3. The van der Waals surface area contributed by atoms with Crippen LogP contribution in [0.3, 0.4) is 0 Å². The van der Waals surface area contributed by atoms with E-state index in [1.165, 1.54) is 0 Å².